The van der Waals surface area contributed by atoms with E-state index in [9.17, 15) is 0 Å². The molecule has 0 fully saturated rings. The summed E-state index contributed by atoms with van der Waals surface area (Å²) in [7, 11) is 3.64. The average molecular weight is 287 g/mol. The van der Waals surface area contributed by atoms with Gasteiger partial charge in [0.25, 0.3) is 0 Å². The lowest BCUT2D eigenvalue weighted by atomic mass is 10.1. The van der Waals surface area contributed by atoms with Crippen LogP contribution in [0.15, 0.2) is 18.2 Å². The van der Waals surface area contributed by atoms with Crippen molar-refractivity contribution < 1.29 is 9.47 Å². The molecule has 1 aromatic rings. The Morgan fingerprint density at radius 1 is 1.42 bits per heavy atom. The van der Waals surface area contributed by atoms with Crippen LogP contribution in [0.2, 0.25) is 5.02 Å². The number of halogens is 1. The number of methoxy groups -OCH3 is 1. The van der Waals surface area contributed by atoms with Gasteiger partial charge in [0.15, 0.2) is 0 Å². The van der Waals surface area contributed by atoms with Crippen LogP contribution in [0, 0.1) is 0 Å². The molecule has 0 bridgehead atoms. The molecule has 0 aliphatic rings. The molecule has 1 unspecified atom stereocenters. The van der Waals surface area contributed by atoms with Crippen LogP contribution < -0.4 is 10.5 Å². The predicted octanol–water partition coefficient (Wildman–Crippen LogP) is 2.32. The molecule has 4 nitrogen and oxygen atoms in total. The van der Waals surface area contributed by atoms with Gasteiger partial charge in [-0.25, -0.2) is 0 Å². The van der Waals surface area contributed by atoms with Crippen molar-refractivity contribution in [1.82, 2.24) is 4.90 Å². The minimum Gasteiger partial charge on any atom is -0.495 e. The molecule has 0 aliphatic carbocycles. The van der Waals surface area contributed by atoms with Gasteiger partial charge in [0.1, 0.15) is 5.75 Å². The summed E-state index contributed by atoms with van der Waals surface area (Å²) in [5.41, 5.74) is 6.96. The third kappa shape index (κ3) is 4.66. The molecular formula is C14H23ClN2O2. The zero-order valence-electron chi connectivity index (χ0n) is 11.9. The quantitative estimate of drug-likeness (QED) is 0.745. The van der Waals surface area contributed by atoms with Gasteiger partial charge in [0, 0.05) is 25.7 Å². The van der Waals surface area contributed by atoms with Crippen molar-refractivity contribution in [3.63, 3.8) is 0 Å². The molecule has 0 aromatic heterocycles. The van der Waals surface area contributed by atoms with E-state index in [4.69, 9.17) is 26.8 Å². The van der Waals surface area contributed by atoms with Crippen molar-refractivity contribution in [2.45, 2.75) is 13.0 Å². The maximum atomic E-state index is 6.15. The molecule has 108 valence electrons. The number of hydrogen-bond acceptors (Lipinski definition) is 4. The van der Waals surface area contributed by atoms with E-state index in [1.165, 1.54) is 0 Å². The van der Waals surface area contributed by atoms with Crippen LogP contribution in [0.3, 0.4) is 0 Å². The number of rotatable bonds is 8. The van der Waals surface area contributed by atoms with Gasteiger partial charge >= 0.3 is 0 Å². The van der Waals surface area contributed by atoms with Crippen molar-refractivity contribution in [1.29, 1.82) is 0 Å². The molecule has 1 aromatic carbocycles. The summed E-state index contributed by atoms with van der Waals surface area (Å²) < 4.78 is 10.5. The van der Waals surface area contributed by atoms with Crippen LogP contribution in [0.4, 0.5) is 0 Å². The Bertz CT molecular complexity index is 388. The van der Waals surface area contributed by atoms with E-state index in [0.717, 1.165) is 18.7 Å². The van der Waals surface area contributed by atoms with E-state index >= 15 is 0 Å². The normalized spacial score (nSPS) is 12.7. The molecule has 0 aliphatic heterocycles. The molecule has 0 saturated carbocycles. The van der Waals surface area contributed by atoms with Gasteiger partial charge in [-0.15, -0.1) is 0 Å². The summed E-state index contributed by atoms with van der Waals surface area (Å²) >= 11 is 6.15. The Balaban J connectivity index is 2.75. The summed E-state index contributed by atoms with van der Waals surface area (Å²) in [5, 5.41) is 0.608. The lowest BCUT2D eigenvalue weighted by molar-refractivity contribution is 0.108. The highest BCUT2D eigenvalue weighted by molar-refractivity contribution is 6.32. The van der Waals surface area contributed by atoms with Crippen molar-refractivity contribution in [2.75, 3.05) is 40.5 Å². The van der Waals surface area contributed by atoms with Crippen LogP contribution in [0.25, 0.3) is 0 Å². The summed E-state index contributed by atoms with van der Waals surface area (Å²) in [6.45, 7) is 4.79. The third-order valence-electron chi connectivity index (χ3n) is 3.11. The van der Waals surface area contributed by atoms with Gasteiger partial charge in [-0.3, -0.25) is 4.90 Å². The summed E-state index contributed by atoms with van der Waals surface area (Å²) in [6, 6.07) is 5.91. The summed E-state index contributed by atoms with van der Waals surface area (Å²) in [5.74, 6) is 0.679. The number of hydrogen-bond donors (Lipinski definition) is 1. The lowest BCUT2D eigenvalue weighted by Crippen LogP contribution is -2.33. The second-order valence-electron chi connectivity index (χ2n) is 4.32. The molecule has 0 spiro atoms. The van der Waals surface area contributed by atoms with E-state index in [0.29, 0.717) is 23.9 Å². The molecule has 0 amide bonds. The number of nitrogens with zero attached hydrogens (tertiary/aromatic N) is 1. The van der Waals surface area contributed by atoms with E-state index in [-0.39, 0.29) is 6.04 Å². The SMILES string of the molecule is CCOCCN(C)C(CN)c1ccc(OC)c(Cl)c1. The number of ether oxygens (including phenoxy) is 2. The fraction of sp³-hybridized carbons (Fsp3) is 0.571. The molecule has 0 saturated heterocycles. The average Bonchev–Trinajstić information content (AvgIpc) is 2.40. The van der Waals surface area contributed by atoms with E-state index in [1.54, 1.807) is 7.11 Å². The molecule has 0 heterocycles. The van der Waals surface area contributed by atoms with Crippen molar-refractivity contribution in [3.05, 3.63) is 28.8 Å². The third-order valence-corrected chi connectivity index (χ3v) is 3.40. The van der Waals surface area contributed by atoms with Crippen molar-refractivity contribution in [2.24, 2.45) is 5.73 Å². The van der Waals surface area contributed by atoms with Crippen LogP contribution >= 0.6 is 11.6 Å². The molecule has 1 atom stereocenters. The minimum atomic E-state index is 0.129. The van der Waals surface area contributed by atoms with E-state index in [2.05, 4.69) is 4.90 Å². The largest absolute Gasteiger partial charge is 0.495 e. The Kier molecular flexibility index (Phi) is 7.16. The first-order chi connectivity index (χ1) is 9.13. The highest BCUT2D eigenvalue weighted by Gasteiger charge is 2.16. The standard InChI is InChI=1S/C14H23ClN2O2/c1-4-19-8-7-17(2)13(10-16)11-5-6-14(18-3)12(15)9-11/h5-6,9,13H,4,7-8,10,16H2,1-3H3. The van der Waals surface area contributed by atoms with Gasteiger partial charge in [-0.2, -0.15) is 0 Å². The zero-order chi connectivity index (χ0) is 14.3. The summed E-state index contributed by atoms with van der Waals surface area (Å²) in [6.07, 6.45) is 0. The van der Waals surface area contributed by atoms with Gasteiger partial charge in [-0.05, 0) is 31.7 Å². The maximum Gasteiger partial charge on any atom is 0.137 e. The molecule has 1 rings (SSSR count). The Morgan fingerprint density at radius 2 is 2.16 bits per heavy atom. The first-order valence-corrected chi connectivity index (χ1v) is 6.83. The smallest absolute Gasteiger partial charge is 0.137 e. The van der Waals surface area contributed by atoms with Crippen molar-refractivity contribution >= 4 is 11.6 Å². The maximum absolute atomic E-state index is 6.15. The Hall–Kier alpha value is -0.810. The van der Waals surface area contributed by atoms with Crippen molar-refractivity contribution in [3.8, 4) is 5.75 Å². The first-order valence-electron chi connectivity index (χ1n) is 6.45. The number of likely N-dealkylation sites (N-methyl/N-ethyl adjacent to an activating group) is 1. The Morgan fingerprint density at radius 3 is 2.68 bits per heavy atom. The predicted molar refractivity (Wildman–Crippen MR) is 78.9 cm³/mol. The lowest BCUT2D eigenvalue weighted by Gasteiger charge is -2.27. The topological polar surface area (TPSA) is 47.7 Å². The fourth-order valence-electron chi connectivity index (χ4n) is 1.97. The van der Waals surface area contributed by atoms with E-state index in [1.807, 2.05) is 32.2 Å². The molecule has 2 N–H and O–H groups in total. The van der Waals surface area contributed by atoms with E-state index < -0.39 is 0 Å². The van der Waals surface area contributed by atoms with Gasteiger partial charge < -0.3 is 15.2 Å². The molecule has 19 heavy (non-hydrogen) atoms. The number of nitrogens with two attached hydrogens (primary N) is 1. The van der Waals surface area contributed by atoms with Crippen LogP contribution in [-0.4, -0.2) is 45.4 Å². The zero-order valence-corrected chi connectivity index (χ0v) is 12.6. The number of benzene rings is 1. The van der Waals surface area contributed by atoms with Gasteiger partial charge in [0.05, 0.1) is 18.7 Å². The van der Waals surface area contributed by atoms with Crippen LogP contribution in [-0.2, 0) is 4.74 Å². The highest BCUT2D eigenvalue weighted by Crippen LogP contribution is 2.29. The minimum absolute atomic E-state index is 0.129. The second kappa shape index (κ2) is 8.38. The molecule has 5 heteroatoms. The fourth-order valence-corrected chi connectivity index (χ4v) is 2.24. The summed E-state index contributed by atoms with van der Waals surface area (Å²) in [4.78, 5) is 2.17. The highest BCUT2D eigenvalue weighted by atomic mass is 35.5. The first kappa shape index (κ1) is 16.2. The van der Waals surface area contributed by atoms with Crippen LogP contribution in [0.1, 0.15) is 18.5 Å². The molecule has 0 radical (unpaired) electrons. The molecular weight excluding hydrogens is 264 g/mol. The van der Waals surface area contributed by atoms with Crippen LogP contribution in [0.5, 0.6) is 5.75 Å². The Labute approximate surface area is 120 Å². The van der Waals surface area contributed by atoms with Gasteiger partial charge in [-0.1, -0.05) is 17.7 Å². The second-order valence-corrected chi connectivity index (χ2v) is 4.73. The van der Waals surface area contributed by atoms with Gasteiger partial charge in [0.2, 0.25) is 0 Å². The monoisotopic (exact) mass is 286 g/mol.